The van der Waals surface area contributed by atoms with Gasteiger partial charge in [0.1, 0.15) is 24.3 Å². The highest BCUT2D eigenvalue weighted by molar-refractivity contribution is 7.18. The molecule has 252 valence electrons. The second kappa shape index (κ2) is 13.3. The lowest BCUT2D eigenvalue weighted by molar-refractivity contribution is -0.137. The quantitative estimate of drug-likeness (QED) is 0.175. The number of likely N-dealkylation sites (N-methyl/N-ethyl adjacent to an activating group) is 1. The van der Waals surface area contributed by atoms with Crippen LogP contribution >= 0.6 is 22.9 Å². The zero-order valence-electron chi connectivity index (χ0n) is 26.6. The van der Waals surface area contributed by atoms with Crippen molar-refractivity contribution >= 4 is 55.6 Å². The molecule has 0 fully saturated rings. The normalized spacial score (nSPS) is 13.9. The van der Waals surface area contributed by atoms with Crippen molar-refractivity contribution in [3.63, 3.8) is 0 Å². The van der Waals surface area contributed by atoms with Gasteiger partial charge in [0.15, 0.2) is 0 Å². The number of thiophene rings is 1. The van der Waals surface area contributed by atoms with Crippen LogP contribution in [-0.4, -0.2) is 57.3 Å². The van der Waals surface area contributed by atoms with Gasteiger partial charge in [0.05, 0.1) is 44.4 Å². The van der Waals surface area contributed by atoms with Gasteiger partial charge in [0, 0.05) is 45.9 Å². The predicted octanol–water partition coefficient (Wildman–Crippen LogP) is 7.58. The topological polar surface area (TPSA) is 121 Å². The smallest absolute Gasteiger partial charge is 0.417 e. The maximum atomic E-state index is 14.4. The Morgan fingerprint density at radius 3 is 2.63 bits per heavy atom. The van der Waals surface area contributed by atoms with E-state index in [-0.39, 0.29) is 53.0 Å². The van der Waals surface area contributed by atoms with Gasteiger partial charge in [0.25, 0.3) is 5.56 Å². The monoisotopic (exact) mass is 707 g/mol. The molecule has 3 aromatic heterocycles. The Labute approximate surface area is 287 Å². The average Bonchev–Trinajstić information content (AvgIpc) is 3.50. The van der Waals surface area contributed by atoms with E-state index in [0.29, 0.717) is 62.9 Å². The first kappa shape index (κ1) is 34.1. The van der Waals surface area contributed by atoms with E-state index in [9.17, 15) is 33.1 Å². The first-order valence-corrected chi connectivity index (χ1v) is 16.6. The predicted molar refractivity (Wildman–Crippen MR) is 182 cm³/mol. The molecule has 0 radical (unpaired) electrons. The number of nitriles is 1. The Bertz CT molecular complexity index is 2290. The number of alkyl halides is 3. The van der Waals surface area contributed by atoms with Crippen molar-refractivity contribution in [1.29, 1.82) is 5.26 Å². The van der Waals surface area contributed by atoms with Crippen LogP contribution in [0.25, 0.3) is 37.8 Å². The van der Waals surface area contributed by atoms with E-state index in [4.69, 9.17) is 16.3 Å². The van der Waals surface area contributed by atoms with Crippen LogP contribution in [-0.2, 0) is 19.1 Å². The van der Waals surface area contributed by atoms with Gasteiger partial charge in [-0.15, -0.1) is 11.3 Å². The number of halogens is 4. The van der Waals surface area contributed by atoms with Crippen molar-refractivity contribution in [2.45, 2.75) is 39.4 Å². The maximum Gasteiger partial charge on any atom is 0.417 e. The Kier molecular flexibility index (Phi) is 9.23. The second-order valence-electron chi connectivity index (χ2n) is 11.7. The fraction of sp³-hybridized carbons (Fsp3) is 0.286. The number of fused-ring (bicyclic) bond motifs is 2. The summed E-state index contributed by atoms with van der Waals surface area (Å²) in [5.41, 5.74) is 0.310. The Balaban J connectivity index is 1.40. The van der Waals surface area contributed by atoms with Gasteiger partial charge in [-0.05, 0) is 62.7 Å². The molecule has 9 nitrogen and oxygen atoms in total. The van der Waals surface area contributed by atoms with E-state index >= 15 is 0 Å². The van der Waals surface area contributed by atoms with Gasteiger partial charge in [-0.25, -0.2) is 9.78 Å². The molecular formula is C35H29ClF3N5O4S. The molecule has 0 unspecified atom stereocenters. The first-order chi connectivity index (χ1) is 23.3. The fourth-order valence-electron chi connectivity index (χ4n) is 6.10. The molecule has 5 aromatic rings. The number of ether oxygens (including phenoxy) is 1. The summed E-state index contributed by atoms with van der Waals surface area (Å²) >= 11 is 7.64. The third-order valence-electron chi connectivity index (χ3n) is 8.56. The minimum atomic E-state index is -4.77. The van der Waals surface area contributed by atoms with Gasteiger partial charge in [-0.2, -0.15) is 18.4 Å². The lowest BCUT2D eigenvalue weighted by atomic mass is 9.88. The molecule has 0 bridgehead atoms. The van der Waals surface area contributed by atoms with Crippen LogP contribution in [0.5, 0.6) is 5.75 Å². The number of nitrogens with zero attached hydrogens (tertiary/aromatic N) is 5. The van der Waals surface area contributed by atoms with Crippen LogP contribution in [0, 0.1) is 18.3 Å². The van der Waals surface area contributed by atoms with Crippen LogP contribution < -0.4 is 10.3 Å². The molecule has 0 saturated carbocycles. The van der Waals surface area contributed by atoms with Crippen molar-refractivity contribution in [2.75, 3.05) is 26.7 Å². The number of rotatable bonds is 8. The van der Waals surface area contributed by atoms with Gasteiger partial charge < -0.3 is 14.7 Å². The largest absolute Gasteiger partial charge is 0.491 e. The van der Waals surface area contributed by atoms with Gasteiger partial charge in [0.2, 0.25) is 0 Å². The third-order valence-corrected chi connectivity index (χ3v) is 9.80. The Morgan fingerprint density at radius 1 is 1.20 bits per heavy atom. The number of carboxylic acids is 1. The summed E-state index contributed by atoms with van der Waals surface area (Å²) in [6.07, 6.45) is -2.27. The van der Waals surface area contributed by atoms with E-state index < -0.39 is 23.3 Å². The van der Waals surface area contributed by atoms with Crippen LogP contribution in [0.15, 0.2) is 46.6 Å². The zero-order valence-corrected chi connectivity index (χ0v) is 28.2. The van der Waals surface area contributed by atoms with Gasteiger partial charge in [-0.1, -0.05) is 24.6 Å². The molecule has 49 heavy (non-hydrogen) atoms. The summed E-state index contributed by atoms with van der Waals surface area (Å²) in [6.45, 7) is 4.26. The molecule has 1 aliphatic rings. The highest BCUT2D eigenvalue weighted by atomic mass is 35.5. The number of carboxylic acid groups (broad SMARTS) is 1. The molecule has 0 amide bonds. The van der Waals surface area contributed by atoms with Crippen molar-refractivity contribution < 1.29 is 27.8 Å². The van der Waals surface area contributed by atoms with Crippen molar-refractivity contribution in [3.8, 4) is 22.9 Å². The average molecular weight is 708 g/mol. The minimum Gasteiger partial charge on any atom is -0.491 e. The highest BCUT2D eigenvalue weighted by Crippen LogP contribution is 2.42. The SMILES string of the molecule is CCc1cc(-c2cc(Cl)ccc2OCCn2c(C)nc3cc(C(F)(F)F)c(C4=CCN(C)CC4)c(C#N)c3c2=O)c2scc(C(=O)O)c2n1. The minimum absolute atomic E-state index is 0.0292. The van der Waals surface area contributed by atoms with Crippen LogP contribution in [0.2, 0.25) is 5.02 Å². The summed E-state index contributed by atoms with van der Waals surface area (Å²) in [5, 5.41) is 21.7. The molecule has 0 spiro atoms. The first-order valence-electron chi connectivity index (χ1n) is 15.3. The van der Waals surface area contributed by atoms with Gasteiger partial charge in [-0.3, -0.25) is 14.3 Å². The molecule has 4 heterocycles. The molecule has 0 saturated heterocycles. The van der Waals surface area contributed by atoms with Crippen LogP contribution in [0.1, 0.15) is 51.9 Å². The number of aromatic nitrogens is 3. The molecule has 0 atom stereocenters. The lowest BCUT2D eigenvalue weighted by Crippen LogP contribution is -2.28. The highest BCUT2D eigenvalue weighted by Gasteiger charge is 2.37. The van der Waals surface area contributed by atoms with E-state index in [1.54, 1.807) is 24.3 Å². The van der Waals surface area contributed by atoms with Crippen molar-refractivity contribution in [1.82, 2.24) is 19.4 Å². The van der Waals surface area contributed by atoms with E-state index in [2.05, 4.69) is 9.97 Å². The molecule has 0 aliphatic carbocycles. The fourth-order valence-corrected chi connectivity index (χ4v) is 7.28. The van der Waals surface area contributed by atoms with Crippen LogP contribution in [0.4, 0.5) is 13.2 Å². The molecule has 14 heteroatoms. The van der Waals surface area contributed by atoms with Crippen molar-refractivity contribution in [2.24, 2.45) is 0 Å². The maximum absolute atomic E-state index is 14.4. The Morgan fingerprint density at radius 2 is 1.98 bits per heavy atom. The lowest BCUT2D eigenvalue weighted by Gasteiger charge is -2.25. The van der Waals surface area contributed by atoms with E-state index in [1.165, 1.54) is 28.2 Å². The number of pyridine rings is 1. The molecule has 2 aromatic carbocycles. The van der Waals surface area contributed by atoms with Gasteiger partial charge >= 0.3 is 12.1 Å². The molecule has 1 N–H and O–H groups in total. The molecule has 1 aliphatic heterocycles. The number of hydrogen-bond donors (Lipinski definition) is 1. The standard InChI is InChI=1S/C35H29ClF3N5O4S/c1-4-21-14-23(32-31(42-21)25(17-49-32)34(46)47)22-13-20(36)5-6-28(22)48-12-11-44-18(2)41-27-15-26(35(37,38)39)29(19-7-9-43(3)10-8-19)24(16-40)30(27)33(44)45/h5-7,13-15,17H,4,8-12H2,1-3H3,(H,46,47). The number of hydrogen-bond acceptors (Lipinski definition) is 8. The number of aromatic carboxylic acids is 1. The summed E-state index contributed by atoms with van der Waals surface area (Å²) in [6, 6.07) is 9.64. The van der Waals surface area contributed by atoms with Crippen LogP contribution in [0.3, 0.4) is 0 Å². The zero-order chi connectivity index (χ0) is 35.2. The molecular weight excluding hydrogens is 679 g/mol. The third kappa shape index (κ3) is 6.39. The summed E-state index contributed by atoms with van der Waals surface area (Å²) in [7, 11) is 1.85. The van der Waals surface area contributed by atoms with E-state index in [0.717, 1.165) is 6.07 Å². The van der Waals surface area contributed by atoms with Crippen molar-refractivity contribution in [3.05, 3.63) is 90.9 Å². The summed E-state index contributed by atoms with van der Waals surface area (Å²) < 4.78 is 51.2. The summed E-state index contributed by atoms with van der Waals surface area (Å²) in [4.78, 5) is 36.7. The second-order valence-corrected chi connectivity index (χ2v) is 13.0. The number of aryl methyl sites for hydroxylation is 2. The molecule has 6 rings (SSSR count). The Hall–Kier alpha value is -4.77. The number of benzene rings is 2. The van der Waals surface area contributed by atoms with E-state index in [1.807, 2.05) is 31.0 Å². The number of carbonyl (C=O) groups is 1. The summed E-state index contributed by atoms with van der Waals surface area (Å²) in [5.74, 6) is -0.522.